The average Bonchev–Trinajstić information content (AvgIpc) is 2.66. The highest BCUT2D eigenvalue weighted by atomic mass is 16.4. The Kier molecular flexibility index (Phi) is 11.8. The molecule has 0 bridgehead atoms. The van der Waals surface area contributed by atoms with Crippen LogP contribution in [0.2, 0.25) is 0 Å². The Labute approximate surface area is 179 Å². The van der Waals surface area contributed by atoms with Gasteiger partial charge in [-0.1, -0.05) is 13.8 Å². The summed E-state index contributed by atoms with van der Waals surface area (Å²) in [6.45, 7) is 4.69. The van der Waals surface area contributed by atoms with E-state index in [1.165, 1.54) is 6.92 Å². The third kappa shape index (κ3) is 10.9. The van der Waals surface area contributed by atoms with Crippen LogP contribution in [0.4, 0.5) is 0 Å². The molecule has 0 rings (SSSR count). The van der Waals surface area contributed by atoms with E-state index in [1.807, 2.05) is 0 Å². The summed E-state index contributed by atoms with van der Waals surface area (Å²) >= 11 is 0. The first kappa shape index (κ1) is 27.8. The lowest BCUT2D eigenvalue weighted by Gasteiger charge is -2.24. The normalized spacial score (nSPS) is 14.6. The summed E-state index contributed by atoms with van der Waals surface area (Å²) in [5.41, 5.74) is 10.8. The van der Waals surface area contributed by atoms with Crippen molar-refractivity contribution in [1.82, 2.24) is 16.0 Å². The van der Waals surface area contributed by atoms with Crippen LogP contribution in [0.3, 0.4) is 0 Å². The van der Waals surface area contributed by atoms with Gasteiger partial charge in [-0.25, -0.2) is 4.79 Å². The highest BCUT2D eigenvalue weighted by Crippen LogP contribution is 2.04. The number of rotatable bonds is 14. The molecule has 0 aromatic rings. The predicted molar refractivity (Wildman–Crippen MR) is 107 cm³/mol. The Morgan fingerprint density at radius 3 is 1.74 bits per heavy atom. The van der Waals surface area contributed by atoms with Crippen LogP contribution in [-0.4, -0.2) is 69.9 Å². The molecular weight excluding hydrogens is 414 g/mol. The fraction of sp³-hybridized carbons (Fsp3) is 0.667. The van der Waals surface area contributed by atoms with E-state index in [9.17, 15) is 28.8 Å². The zero-order chi connectivity index (χ0) is 24.3. The number of carboxylic acid groups (broad SMARTS) is 2. The van der Waals surface area contributed by atoms with Gasteiger partial charge in [0.05, 0.1) is 6.04 Å². The summed E-state index contributed by atoms with van der Waals surface area (Å²) in [6, 6.07) is -4.79. The summed E-state index contributed by atoms with van der Waals surface area (Å²) < 4.78 is 0. The minimum Gasteiger partial charge on any atom is -0.481 e. The molecule has 13 nitrogen and oxygen atoms in total. The van der Waals surface area contributed by atoms with Crippen LogP contribution in [0, 0.1) is 5.92 Å². The van der Waals surface area contributed by atoms with Gasteiger partial charge in [0.1, 0.15) is 18.1 Å². The molecule has 0 aromatic heterocycles. The molecule has 176 valence electrons. The Morgan fingerprint density at radius 1 is 0.774 bits per heavy atom. The van der Waals surface area contributed by atoms with Gasteiger partial charge >= 0.3 is 11.9 Å². The maximum absolute atomic E-state index is 12.5. The van der Waals surface area contributed by atoms with Gasteiger partial charge in [0.2, 0.25) is 23.6 Å². The smallest absolute Gasteiger partial charge is 0.326 e. The lowest BCUT2D eigenvalue weighted by Crippen LogP contribution is -2.57. The number of nitrogens with one attached hydrogen (secondary N) is 3. The van der Waals surface area contributed by atoms with Gasteiger partial charge in [0.15, 0.2) is 0 Å². The molecule has 4 atom stereocenters. The summed E-state index contributed by atoms with van der Waals surface area (Å²) in [5, 5.41) is 24.6. The Morgan fingerprint density at radius 2 is 1.29 bits per heavy atom. The SMILES string of the molecule is CC(NC(=O)C(CCC(N)=O)NC(=O)C(N)C(C)C)C(=O)NC(CCC(=O)O)C(=O)O. The van der Waals surface area contributed by atoms with E-state index in [2.05, 4.69) is 16.0 Å². The van der Waals surface area contributed by atoms with Crippen LogP contribution in [0.1, 0.15) is 46.5 Å². The van der Waals surface area contributed by atoms with Gasteiger partial charge < -0.3 is 37.6 Å². The minimum atomic E-state index is -1.46. The molecule has 13 heteroatoms. The number of primary amides is 1. The molecular formula is C18H31N5O8. The standard InChI is InChI=1S/C18H31N5O8/c1-8(2)14(20)17(29)22-10(4-6-12(19)24)16(28)21-9(3)15(27)23-11(18(30)31)5-7-13(25)26/h8-11,14H,4-7,20H2,1-3H3,(H2,19,24)(H,21,28)(H,22,29)(H,23,27)(H,25,26)(H,30,31). The molecule has 0 radical (unpaired) electrons. The second-order valence-corrected chi connectivity index (χ2v) is 7.40. The molecule has 9 N–H and O–H groups in total. The highest BCUT2D eigenvalue weighted by molar-refractivity contribution is 5.94. The van der Waals surface area contributed by atoms with Crippen molar-refractivity contribution < 1.29 is 39.0 Å². The van der Waals surface area contributed by atoms with Crippen LogP contribution in [0.5, 0.6) is 0 Å². The summed E-state index contributed by atoms with van der Waals surface area (Å²) in [4.78, 5) is 69.8. The zero-order valence-electron chi connectivity index (χ0n) is 17.7. The lowest BCUT2D eigenvalue weighted by molar-refractivity contribution is -0.143. The van der Waals surface area contributed by atoms with Gasteiger partial charge in [-0.15, -0.1) is 0 Å². The largest absolute Gasteiger partial charge is 0.481 e. The number of aliphatic carboxylic acids is 2. The molecule has 0 aliphatic rings. The first-order valence-electron chi connectivity index (χ1n) is 9.65. The van der Waals surface area contributed by atoms with Crippen LogP contribution in [-0.2, 0) is 28.8 Å². The summed E-state index contributed by atoms with van der Waals surface area (Å²) in [5.74, 6) is -5.87. The summed E-state index contributed by atoms with van der Waals surface area (Å²) in [7, 11) is 0. The van der Waals surface area contributed by atoms with Crippen molar-refractivity contribution in [2.24, 2.45) is 17.4 Å². The van der Waals surface area contributed by atoms with Crippen LogP contribution >= 0.6 is 0 Å². The Hall–Kier alpha value is -3.22. The summed E-state index contributed by atoms with van der Waals surface area (Å²) in [6.07, 6.45) is -1.18. The molecule has 0 heterocycles. The second-order valence-electron chi connectivity index (χ2n) is 7.40. The minimum absolute atomic E-state index is 0.136. The first-order chi connectivity index (χ1) is 14.3. The number of carbonyl (C=O) groups excluding carboxylic acids is 4. The van der Waals surface area contributed by atoms with Gasteiger partial charge in [0.25, 0.3) is 0 Å². The van der Waals surface area contributed by atoms with E-state index in [0.29, 0.717) is 0 Å². The average molecular weight is 445 g/mol. The quantitative estimate of drug-likeness (QED) is 0.151. The number of hydrogen-bond acceptors (Lipinski definition) is 7. The molecule has 0 aromatic carbocycles. The molecule has 0 saturated heterocycles. The molecule has 0 fully saturated rings. The molecule has 0 spiro atoms. The maximum Gasteiger partial charge on any atom is 0.326 e. The van der Waals surface area contributed by atoms with E-state index < -0.39 is 66.2 Å². The van der Waals surface area contributed by atoms with Crippen molar-refractivity contribution in [3.05, 3.63) is 0 Å². The Balaban J connectivity index is 5.12. The number of carbonyl (C=O) groups is 6. The van der Waals surface area contributed by atoms with Gasteiger partial charge in [-0.05, 0) is 25.7 Å². The maximum atomic E-state index is 12.5. The molecule has 4 unspecified atom stereocenters. The van der Waals surface area contributed by atoms with Gasteiger partial charge in [0, 0.05) is 12.8 Å². The third-order valence-electron chi connectivity index (χ3n) is 4.35. The van der Waals surface area contributed by atoms with Crippen molar-refractivity contribution in [2.75, 3.05) is 0 Å². The monoisotopic (exact) mass is 445 g/mol. The number of carboxylic acids is 2. The van der Waals surface area contributed by atoms with Crippen molar-refractivity contribution >= 4 is 35.6 Å². The van der Waals surface area contributed by atoms with Crippen LogP contribution < -0.4 is 27.4 Å². The van der Waals surface area contributed by atoms with Crippen molar-refractivity contribution in [1.29, 1.82) is 0 Å². The molecule has 31 heavy (non-hydrogen) atoms. The van der Waals surface area contributed by atoms with E-state index in [-0.39, 0.29) is 25.2 Å². The number of amides is 4. The fourth-order valence-electron chi connectivity index (χ4n) is 2.33. The lowest BCUT2D eigenvalue weighted by atomic mass is 10.0. The highest BCUT2D eigenvalue weighted by Gasteiger charge is 2.29. The van der Waals surface area contributed by atoms with Crippen LogP contribution in [0.15, 0.2) is 0 Å². The van der Waals surface area contributed by atoms with Crippen LogP contribution in [0.25, 0.3) is 0 Å². The molecule has 0 aliphatic heterocycles. The zero-order valence-corrected chi connectivity index (χ0v) is 17.7. The Bertz CT molecular complexity index is 696. The molecule has 0 saturated carbocycles. The van der Waals surface area contributed by atoms with Crippen molar-refractivity contribution in [3.8, 4) is 0 Å². The van der Waals surface area contributed by atoms with E-state index in [4.69, 9.17) is 21.7 Å². The topological polar surface area (TPSA) is 231 Å². The molecule has 4 amide bonds. The van der Waals surface area contributed by atoms with Crippen molar-refractivity contribution in [3.63, 3.8) is 0 Å². The second kappa shape index (κ2) is 13.2. The van der Waals surface area contributed by atoms with E-state index in [0.717, 1.165) is 0 Å². The van der Waals surface area contributed by atoms with E-state index in [1.54, 1.807) is 13.8 Å². The van der Waals surface area contributed by atoms with Gasteiger partial charge in [-0.2, -0.15) is 0 Å². The number of nitrogens with two attached hydrogens (primary N) is 2. The van der Waals surface area contributed by atoms with E-state index >= 15 is 0 Å². The first-order valence-corrected chi connectivity index (χ1v) is 9.65. The fourth-order valence-corrected chi connectivity index (χ4v) is 2.33. The van der Waals surface area contributed by atoms with Crippen molar-refractivity contribution in [2.45, 2.75) is 70.6 Å². The predicted octanol–water partition coefficient (Wildman–Crippen LogP) is -2.34. The van der Waals surface area contributed by atoms with Gasteiger partial charge in [-0.3, -0.25) is 24.0 Å². The third-order valence-corrected chi connectivity index (χ3v) is 4.35. The molecule has 0 aliphatic carbocycles. The number of hydrogen-bond donors (Lipinski definition) is 7.